The first-order valence-corrected chi connectivity index (χ1v) is 12.0. The minimum atomic E-state index is -0.207. The van der Waals surface area contributed by atoms with E-state index in [1.165, 1.54) is 29.6 Å². The molecule has 1 aliphatic carbocycles. The number of benzene rings is 3. The lowest BCUT2D eigenvalue weighted by Crippen LogP contribution is -2.38. The summed E-state index contributed by atoms with van der Waals surface area (Å²) in [5.74, 6) is 0.388. The molecular weight excluding hydrogens is 444 g/mol. The van der Waals surface area contributed by atoms with Gasteiger partial charge in [0.25, 0.3) is 5.56 Å². The summed E-state index contributed by atoms with van der Waals surface area (Å²) in [4.78, 5) is 19.4. The normalized spacial score (nSPS) is 17.0. The fourth-order valence-corrected chi connectivity index (χ4v) is 5.91. The number of aromatic hydroxyl groups is 1. The van der Waals surface area contributed by atoms with Crippen molar-refractivity contribution in [3.8, 4) is 11.5 Å². The number of para-hydroxylation sites is 1. The number of hydrogen-bond acceptors (Lipinski definition) is 5. The van der Waals surface area contributed by atoms with Gasteiger partial charge in [-0.3, -0.25) is 9.36 Å². The standard InChI is InChI=1S/C28H22N2O3S/c1-33-22-13-7-11-19(26(22)31)16-23-27(32)30-25(18-9-3-2-4-10-18)21-15-14-17-8-5-6-12-20(17)24(21)29-28(30)34-23/h2-13,16,25,31H,14-15H2,1H3/b23-16+. The van der Waals surface area contributed by atoms with Crippen LogP contribution >= 0.6 is 11.3 Å². The van der Waals surface area contributed by atoms with Crippen molar-refractivity contribution < 1.29 is 9.84 Å². The Morgan fingerprint density at radius 3 is 2.65 bits per heavy atom. The fourth-order valence-electron chi connectivity index (χ4n) is 4.92. The third kappa shape index (κ3) is 3.22. The van der Waals surface area contributed by atoms with Crippen molar-refractivity contribution in [1.29, 1.82) is 0 Å². The average molecular weight is 467 g/mol. The molecule has 1 atom stereocenters. The number of methoxy groups -OCH3 is 1. The molecule has 1 aliphatic heterocycles. The topological polar surface area (TPSA) is 63.8 Å². The Balaban J connectivity index is 1.62. The Bertz CT molecular complexity index is 1630. The van der Waals surface area contributed by atoms with Crippen molar-refractivity contribution in [2.45, 2.75) is 18.9 Å². The van der Waals surface area contributed by atoms with Gasteiger partial charge < -0.3 is 9.84 Å². The summed E-state index contributed by atoms with van der Waals surface area (Å²) < 4.78 is 7.57. The van der Waals surface area contributed by atoms with Crippen molar-refractivity contribution in [2.24, 2.45) is 4.99 Å². The predicted octanol–water partition coefficient (Wildman–Crippen LogP) is 4.03. The summed E-state index contributed by atoms with van der Waals surface area (Å²) in [6.07, 6.45) is 3.51. The SMILES string of the molecule is COc1cccc(/C=c2/sc3n(c2=O)C(c2ccccc2)C2=C(N=3)c3ccccc3CC2)c1O. The number of aryl methyl sites for hydroxylation is 1. The van der Waals surface area contributed by atoms with Gasteiger partial charge in [-0.2, -0.15) is 0 Å². The van der Waals surface area contributed by atoms with Gasteiger partial charge in [-0.05, 0) is 41.7 Å². The zero-order chi connectivity index (χ0) is 23.2. The zero-order valence-corrected chi connectivity index (χ0v) is 19.4. The Labute approximate surface area is 200 Å². The molecule has 1 unspecified atom stereocenters. The van der Waals surface area contributed by atoms with E-state index in [4.69, 9.17) is 9.73 Å². The second kappa shape index (κ2) is 8.15. The van der Waals surface area contributed by atoms with Crippen LogP contribution in [0.1, 0.15) is 34.7 Å². The van der Waals surface area contributed by atoms with Crippen LogP contribution in [0, 0.1) is 0 Å². The highest BCUT2D eigenvalue weighted by Gasteiger charge is 2.32. The van der Waals surface area contributed by atoms with E-state index in [2.05, 4.69) is 30.3 Å². The van der Waals surface area contributed by atoms with Crippen LogP contribution in [0.3, 0.4) is 0 Å². The number of nitrogens with zero attached hydrogens (tertiary/aromatic N) is 2. The van der Waals surface area contributed by atoms with Crippen LogP contribution in [0.5, 0.6) is 11.5 Å². The van der Waals surface area contributed by atoms with Crippen molar-refractivity contribution in [3.05, 3.63) is 120 Å². The van der Waals surface area contributed by atoms with E-state index in [1.807, 2.05) is 28.8 Å². The third-order valence-electron chi connectivity index (χ3n) is 6.52. The van der Waals surface area contributed by atoms with Crippen LogP contribution in [0.4, 0.5) is 0 Å². The summed E-state index contributed by atoms with van der Waals surface area (Å²) in [7, 11) is 1.51. The highest BCUT2D eigenvalue weighted by molar-refractivity contribution is 7.07. The Morgan fingerprint density at radius 2 is 1.82 bits per heavy atom. The van der Waals surface area contributed by atoms with E-state index in [0.29, 0.717) is 20.6 Å². The van der Waals surface area contributed by atoms with Crippen molar-refractivity contribution in [1.82, 2.24) is 4.57 Å². The molecule has 0 fully saturated rings. The largest absolute Gasteiger partial charge is 0.504 e. The van der Waals surface area contributed by atoms with Crippen molar-refractivity contribution >= 4 is 23.1 Å². The summed E-state index contributed by atoms with van der Waals surface area (Å²) in [5, 5.41) is 10.6. The molecule has 2 aliphatic rings. The fraction of sp³-hybridized carbons (Fsp3) is 0.143. The summed E-state index contributed by atoms with van der Waals surface area (Å²) in [6.45, 7) is 0. The lowest BCUT2D eigenvalue weighted by Gasteiger charge is -2.30. The van der Waals surface area contributed by atoms with E-state index in [-0.39, 0.29) is 17.4 Å². The predicted molar refractivity (Wildman–Crippen MR) is 134 cm³/mol. The first kappa shape index (κ1) is 20.7. The van der Waals surface area contributed by atoms with Gasteiger partial charge in [0.2, 0.25) is 0 Å². The van der Waals surface area contributed by atoms with Gasteiger partial charge in [0.15, 0.2) is 16.3 Å². The van der Waals surface area contributed by atoms with E-state index in [1.54, 1.807) is 24.3 Å². The average Bonchev–Trinajstić information content (AvgIpc) is 3.19. The lowest BCUT2D eigenvalue weighted by molar-refractivity contribution is 0.373. The molecule has 0 bridgehead atoms. The quantitative estimate of drug-likeness (QED) is 0.496. The number of phenols is 1. The van der Waals surface area contributed by atoms with Gasteiger partial charge in [-0.25, -0.2) is 4.99 Å². The zero-order valence-electron chi connectivity index (χ0n) is 18.6. The maximum atomic E-state index is 13.7. The molecule has 0 amide bonds. The molecule has 0 saturated carbocycles. The van der Waals surface area contributed by atoms with Gasteiger partial charge >= 0.3 is 0 Å². The first-order valence-electron chi connectivity index (χ1n) is 11.2. The molecule has 34 heavy (non-hydrogen) atoms. The number of aromatic nitrogens is 1. The molecule has 6 rings (SSSR count). The monoisotopic (exact) mass is 466 g/mol. The van der Waals surface area contributed by atoms with Crippen LogP contribution in [0.15, 0.2) is 88.2 Å². The molecule has 4 aromatic rings. The molecular formula is C28H22N2O3S. The minimum Gasteiger partial charge on any atom is -0.504 e. The molecule has 0 saturated heterocycles. The van der Waals surface area contributed by atoms with Gasteiger partial charge in [-0.15, -0.1) is 0 Å². The number of rotatable bonds is 3. The molecule has 6 heteroatoms. The molecule has 168 valence electrons. The van der Waals surface area contributed by atoms with Crippen LogP contribution in [0.25, 0.3) is 11.8 Å². The molecule has 0 radical (unpaired) electrons. The Hall–Kier alpha value is -3.90. The number of phenolic OH excluding ortho intramolecular Hbond substituents is 1. The summed E-state index contributed by atoms with van der Waals surface area (Å²) in [6, 6.07) is 23.6. The first-order chi connectivity index (χ1) is 16.7. The number of ether oxygens (including phenoxy) is 1. The number of fused-ring (bicyclic) bond motifs is 3. The number of thiazole rings is 1. The lowest BCUT2D eigenvalue weighted by atomic mass is 9.83. The third-order valence-corrected chi connectivity index (χ3v) is 7.51. The molecule has 1 N–H and O–H groups in total. The Morgan fingerprint density at radius 1 is 1.03 bits per heavy atom. The minimum absolute atomic E-state index is 0.0173. The van der Waals surface area contributed by atoms with Crippen LogP contribution in [0.2, 0.25) is 0 Å². The van der Waals surface area contributed by atoms with Gasteiger partial charge in [-0.1, -0.05) is 78.1 Å². The molecule has 1 aromatic heterocycles. The second-order valence-electron chi connectivity index (χ2n) is 8.42. The maximum absolute atomic E-state index is 13.7. The molecule has 0 spiro atoms. The molecule has 3 aromatic carbocycles. The van der Waals surface area contributed by atoms with Gasteiger partial charge in [0, 0.05) is 11.1 Å². The Kier molecular flexibility index (Phi) is 4.96. The van der Waals surface area contributed by atoms with E-state index >= 15 is 0 Å². The van der Waals surface area contributed by atoms with Crippen LogP contribution in [-0.2, 0) is 6.42 Å². The van der Waals surface area contributed by atoms with Crippen LogP contribution in [-0.4, -0.2) is 16.8 Å². The molecule has 2 heterocycles. The maximum Gasteiger partial charge on any atom is 0.271 e. The van der Waals surface area contributed by atoms with Crippen molar-refractivity contribution in [3.63, 3.8) is 0 Å². The summed E-state index contributed by atoms with van der Waals surface area (Å²) >= 11 is 1.35. The van der Waals surface area contributed by atoms with Crippen molar-refractivity contribution in [2.75, 3.05) is 7.11 Å². The number of hydrogen-bond donors (Lipinski definition) is 1. The van der Waals surface area contributed by atoms with Gasteiger partial charge in [0.05, 0.1) is 23.4 Å². The highest BCUT2D eigenvalue weighted by atomic mass is 32.1. The van der Waals surface area contributed by atoms with Gasteiger partial charge in [0.1, 0.15) is 0 Å². The van der Waals surface area contributed by atoms with E-state index in [0.717, 1.165) is 29.7 Å². The summed E-state index contributed by atoms with van der Waals surface area (Å²) in [5.41, 5.74) is 6.09. The smallest absolute Gasteiger partial charge is 0.271 e. The molecule has 5 nitrogen and oxygen atoms in total. The van der Waals surface area contributed by atoms with E-state index < -0.39 is 0 Å². The highest BCUT2D eigenvalue weighted by Crippen LogP contribution is 2.41. The van der Waals surface area contributed by atoms with Crippen LogP contribution < -0.4 is 19.6 Å². The van der Waals surface area contributed by atoms with E-state index in [9.17, 15) is 9.90 Å². The number of allylic oxidation sites excluding steroid dienone is 1. The second-order valence-corrected chi connectivity index (χ2v) is 9.43.